The molecule has 0 aliphatic heterocycles. The Morgan fingerprint density at radius 1 is 0.645 bits per heavy atom. The maximum absolute atomic E-state index is 10.6. The Kier molecular flexibility index (Phi) is 37.0. The maximum atomic E-state index is 10.6. The third-order valence-electron chi connectivity index (χ3n) is 5.09. The molecule has 0 N–H and O–H groups in total. The molecular weight excluding hydrogens is 469 g/mol. The van der Waals surface area contributed by atoms with Gasteiger partial charge in [-0.1, -0.05) is 110 Å². The fourth-order valence-electron chi connectivity index (χ4n) is 3.33. The standard InChI is InChI=1S/C22H47O6P.2K/c1-3-5-7-9-10-11-12-13-14-15-16-17-18-20-22(27-28-29(23,24)25)26-21-19-8-6-4-2;;/h22H,3-21H2,1-2H3,(H2,23,24,25);;/q;2*+1/p-2. The van der Waals surface area contributed by atoms with Crippen LogP contribution in [0.15, 0.2) is 0 Å². The third kappa shape index (κ3) is 33.3. The molecule has 9 heteroatoms. The maximum Gasteiger partial charge on any atom is 1.00 e. The van der Waals surface area contributed by atoms with Crippen LogP contribution in [-0.4, -0.2) is 12.9 Å². The predicted octanol–water partition coefficient (Wildman–Crippen LogP) is 0.176. The molecule has 1 atom stereocenters. The minimum Gasteiger partial charge on any atom is -0.788 e. The van der Waals surface area contributed by atoms with Gasteiger partial charge in [0.2, 0.25) is 0 Å². The quantitative estimate of drug-likeness (QED) is 0.0482. The van der Waals surface area contributed by atoms with Crippen molar-refractivity contribution >= 4 is 7.82 Å². The number of unbranched alkanes of at least 4 members (excludes halogenated alkanes) is 15. The first kappa shape index (κ1) is 38.8. The molecule has 0 saturated carbocycles. The number of phosphoric acid groups is 1. The molecule has 1 unspecified atom stereocenters. The second kappa shape index (κ2) is 29.5. The molecule has 0 aromatic carbocycles. The van der Waals surface area contributed by atoms with E-state index in [9.17, 15) is 14.4 Å². The molecule has 0 aromatic heterocycles. The average Bonchev–Trinajstić information content (AvgIpc) is 2.68. The number of hydrogen-bond acceptors (Lipinski definition) is 6. The van der Waals surface area contributed by atoms with Crippen LogP contribution in [-0.2, 0) is 18.9 Å². The van der Waals surface area contributed by atoms with Crippen molar-refractivity contribution in [3.8, 4) is 0 Å². The smallest absolute Gasteiger partial charge is 0.788 e. The second-order valence-electron chi connectivity index (χ2n) is 8.01. The fourth-order valence-corrected chi connectivity index (χ4v) is 3.53. The van der Waals surface area contributed by atoms with Crippen molar-refractivity contribution in [3.63, 3.8) is 0 Å². The van der Waals surface area contributed by atoms with E-state index in [2.05, 4.69) is 18.5 Å². The summed E-state index contributed by atoms with van der Waals surface area (Å²) in [5.74, 6) is 0. The van der Waals surface area contributed by atoms with Crippen molar-refractivity contribution in [2.45, 2.75) is 136 Å². The van der Waals surface area contributed by atoms with Gasteiger partial charge in [-0.2, -0.15) is 0 Å². The molecule has 0 rings (SSSR count). The molecule has 0 amide bonds. The van der Waals surface area contributed by atoms with Crippen molar-refractivity contribution in [3.05, 3.63) is 0 Å². The van der Waals surface area contributed by atoms with Crippen LogP contribution in [0.3, 0.4) is 0 Å². The minimum atomic E-state index is -5.14. The Bertz CT molecular complexity index is 385. The Morgan fingerprint density at radius 2 is 1.03 bits per heavy atom. The van der Waals surface area contributed by atoms with Crippen LogP contribution >= 0.6 is 7.82 Å². The molecular formula is C22H45K2O6P. The summed E-state index contributed by atoms with van der Waals surface area (Å²) in [6.07, 6.45) is 20.4. The molecule has 0 bridgehead atoms. The molecule has 0 aliphatic carbocycles. The molecule has 0 aliphatic rings. The molecule has 0 heterocycles. The van der Waals surface area contributed by atoms with Gasteiger partial charge in [0.05, 0.1) is 0 Å². The monoisotopic (exact) mass is 514 g/mol. The number of hydrogen-bond donors (Lipinski definition) is 0. The van der Waals surface area contributed by atoms with Crippen molar-refractivity contribution in [1.82, 2.24) is 0 Å². The van der Waals surface area contributed by atoms with E-state index in [1.807, 2.05) is 0 Å². The van der Waals surface area contributed by atoms with Crippen LogP contribution in [0, 0.1) is 0 Å². The molecule has 0 saturated heterocycles. The third-order valence-corrected chi connectivity index (χ3v) is 5.36. The largest absolute Gasteiger partial charge is 1.00 e. The molecule has 176 valence electrons. The van der Waals surface area contributed by atoms with Crippen LogP contribution in [0.25, 0.3) is 0 Å². The molecule has 0 aromatic rings. The van der Waals surface area contributed by atoms with E-state index >= 15 is 0 Å². The van der Waals surface area contributed by atoms with Gasteiger partial charge in [-0.15, -0.1) is 0 Å². The summed E-state index contributed by atoms with van der Waals surface area (Å²) in [6, 6.07) is 0. The zero-order valence-electron chi connectivity index (χ0n) is 20.9. The van der Waals surface area contributed by atoms with Gasteiger partial charge in [0.1, 0.15) is 7.82 Å². The van der Waals surface area contributed by atoms with E-state index in [1.165, 1.54) is 64.2 Å². The fraction of sp³-hybridized carbons (Fsp3) is 1.00. The first-order valence-corrected chi connectivity index (χ1v) is 13.4. The zero-order valence-corrected chi connectivity index (χ0v) is 28.0. The minimum absolute atomic E-state index is 0. The van der Waals surface area contributed by atoms with Crippen LogP contribution in [0.4, 0.5) is 0 Å². The molecule has 0 fully saturated rings. The zero-order chi connectivity index (χ0) is 21.6. The molecule has 0 spiro atoms. The topological polar surface area (TPSA) is 90.9 Å². The van der Waals surface area contributed by atoms with Crippen LogP contribution in [0.1, 0.15) is 129 Å². The summed E-state index contributed by atoms with van der Waals surface area (Å²) in [7, 11) is -5.14. The van der Waals surface area contributed by atoms with Gasteiger partial charge in [0, 0.05) is 13.0 Å². The van der Waals surface area contributed by atoms with Crippen molar-refractivity contribution in [1.29, 1.82) is 0 Å². The van der Waals surface area contributed by atoms with Crippen molar-refractivity contribution in [2.24, 2.45) is 0 Å². The van der Waals surface area contributed by atoms with E-state index < -0.39 is 14.1 Å². The van der Waals surface area contributed by atoms with E-state index in [4.69, 9.17) is 9.62 Å². The van der Waals surface area contributed by atoms with E-state index in [-0.39, 0.29) is 103 Å². The first-order valence-electron chi connectivity index (χ1n) is 12.0. The van der Waals surface area contributed by atoms with Gasteiger partial charge < -0.3 is 19.1 Å². The van der Waals surface area contributed by atoms with Gasteiger partial charge >= 0.3 is 103 Å². The summed E-state index contributed by atoms with van der Waals surface area (Å²) in [5.41, 5.74) is 0. The van der Waals surface area contributed by atoms with Gasteiger partial charge in [-0.05, 0) is 12.8 Å². The summed E-state index contributed by atoms with van der Waals surface area (Å²) >= 11 is 0. The summed E-state index contributed by atoms with van der Waals surface area (Å²) < 4.78 is 20.1. The SMILES string of the molecule is CCCCCCCCCCCCCCCC(OCCCCCC)OOP(=O)([O-])[O-].[K+].[K+]. The number of ether oxygens (including phenoxy) is 1. The molecule has 6 nitrogen and oxygen atoms in total. The summed E-state index contributed by atoms with van der Waals surface area (Å²) in [5, 5.41) is 0. The van der Waals surface area contributed by atoms with Crippen LogP contribution in [0.2, 0.25) is 0 Å². The van der Waals surface area contributed by atoms with Gasteiger partial charge in [-0.25, -0.2) is 9.56 Å². The Morgan fingerprint density at radius 3 is 1.45 bits per heavy atom. The summed E-state index contributed by atoms with van der Waals surface area (Å²) in [6.45, 7) is 4.86. The Hall–Kier alpha value is 3.30. The summed E-state index contributed by atoms with van der Waals surface area (Å²) in [4.78, 5) is 25.9. The Balaban J connectivity index is -0.00000392. The average molecular weight is 515 g/mol. The molecule has 31 heavy (non-hydrogen) atoms. The Labute approximate surface area is 277 Å². The van der Waals surface area contributed by atoms with E-state index in [0.717, 1.165) is 44.9 Å². The van der Waals surface area contributed by atoms with Crippen molar-refractivity contribution in [2.75, 3.05) is 6.61 Å². The number of rotatable bonds is 23. The van der Waals surface area contributed by atoms with Crippen molar-refractivity contribution < 1.29 is 131 Å². The van der Waals surface area contributed by atoms with Gasteiger partial charge in [-0.3, -0.25) is 0 Å². The van der Waals surface area contributed by atoms with E-state index in [0.29, 0.717) is 13.0 Å². The second-order valence-corrected chi connectivity index (χ2v) is 9.05. The van der Waals surface area contributed by atoms with E-state index in [1.54, 1.807) is 0 Å². The molecule has 0 radical (unpaired) electrons. The van der Waals surface area contributed by atoms with Crippen LogP contribution in [0.5, 0.6) is 0 Å². The normalized spacial score (nSPS) is 12.3. The predicted molar refractivity (Wildman–Crippen MR) is 114 cm³/mol. The van der Waals surface area contributed by atoms with Gasteiger partial charge in [0.25, 0.3) is 0 Å². The van der Waals surface area contributed by atoms with Crippen LogP contribution < -0.4 is 113 Å². The van der Waals surface area contributed by atoms with Gasteiger partial charge in [0.15, 0.2) is 6.29 Å². The first-order chi connectivity index (χ1) is 14.0.